The number of H-pyrrole nitrogens is 1. The Bertz CT molecular complexity index is 817. The van der Waals surface area contributed by atoms with Crippen molar-refractivity contribution >= 4 is 27.4 Å². The molecule has 0 bridgehead atoms. The first-order chi connectivity index (χ1) is 8.34. The Hall–Kier alpha value is -2.29. The van der Waals surface area contributed by atoms with E-state index in [9.17, 15) is 4.79 Å². The van der Waals surface area contributed by atoms with Crippen LogP contribution in [0.1, 0.15) is 5.56 Å². The van der Waals surface area contributed by atoms with Crippen molar-refractivity contribution in [1.82, 2.24) is 4.98 Å². The first-order valence-corrected chi connectivity index (χ1v) is 5.65. The number of anilines is 1. The molecule has 0 saturated carbocycles. The summed E-state index contributed by atoms with van der Waals surface area (Å²) in [6.45, 7) is 0.815. The molecule has 82 valence electrons. The number of aromatic amines is 1. The van der Waals surface area contributed by atoms with Gasteiger partial charge in [0.25, 0.3) is 5.56 Å². The second kappa shape index (κ2) is 2.88. The van der Waals surface area contributed by atoms with Crippen LogP contribution in [0.2, 0.25) is 0 Å². The first-order valence-electron chi connectivity index (χ1n) is 5.65. The molecule has 0 spiro atoms. The standard InChI is InChI=1S/C14H10N2O/c17-14-9-4-2-5-10-13(9)12-8(7-15-10)3-1-6-11(12)16-14/h1-6,15H,7H2,(H,16,17). The van der Waals surface area contributed by atoms with Gasteiger partial charge in [-0.25, -0.2) is 0 Å². The Balaban J connectivity index is 2.46. The third kappa shape index (κ3) is 1.03. The SMILES string of the molecule is O=c1[nH]c2cccc3c2c2c(cccc12)NC3. The van der Waals surface area contributed by atoms with E-state index in [-0.39, 0.29) is 5.56 Å². The lowest BCUT2D eigenvalue weighted by atomic mass is 9.97. The summed E-state index contributed by atoms with van der Waals surface area (Å²) in [7, 11) is 0. The minimum Gasteiger partial charge on any atom is -0.380 e. The van der Waals surface area contributed by atoms with Crippen molar-refractivity contribution in [2.24, 2.45) is 0 Å². The minimum absolute atomic E-state index is 0.0183. The lowest BCUT2D eigenvalue weighted by Crippen LogP contribution is -2.12. The van der Waals surface area contributed by atoms with Crippen molar-refractivity contribution in [2.75, 3.05) is 5.32 Å². The molecule has 2 heterocycles. The van der Waals surface area contributed by atoms with Crippen molar-refractivity contribution in [1.29, 1.82) is 0 Å². The summed E-state index contributed by atoms with van der Waals surface area (Å²) >= 11 is 0. The predicted octanol–water partition coefficient (Wildman–Crippen LogP) is 2.61. The second-order valence-electron chi connectivity index (χ2n) is 4.38. The number of hydrogen-bond acceptors (Lipinski definition) is 2. The van der Waals surface area contributed by atoms with Crippen LogP contribution in [0.4, 0.5) is 5.69 Å². The van der Waals surface area contributed by atoms with Gasteiger partial charge in [-0.3, -0.25) is 4.79 Å². The maximum Gasteiger partial charge on any atom is 0.256 e. The summed E-state index contributed by atoms with van der Waals surface area (Å²) < 4.78 is 0. The molecule has 0 unspecified atom stereocenters. The number of pyridine rings is 1. The van der Waals surface area contributed by atoms with Gasteiger partial charge in [0, 0.05) is 33.9 Å². The Labute approximate surface area is 97.1 Å². The zero-order chi connectivity index (χ0) is 11.4. The van der Waals surface area contributed by atoms with Gasteiger partial charge in [-0.2, -0.15) is 0 Å². The van der Waals surface area contributed by atoms with Crippen LogP contribution >= 0.6 is 0 Å². The van der Waals surface area contributed by atoms with E-state index in [4.69, 9.17) is 0 Å². The van der Waals surface area contributed by atoms with Crippen molar-refractivity contribution in [3.63, 3.8) is 0 Å². The molecule has 3 aromatic rings. The van der Waals surface area contributed by atoms with Gasteiger partial charge in [0.05, 0.1) is 0 Å². The molecule has 2 aromatic carbocycles. The molecular formula is C14H10N2O. The third-order valence-electron chi connectivity index (χ3n) is 3.43. The average molecular weight is 222 g/mol. The molecular weight excluding hydrogens is 212 g/mol. The van der Waals surface area contributed by atoms with Crippen LogP contribution in [0.5, 0.6) is 0 Å². The van der Waals surface area contributed by atoms with Gasteiger partial charge >= 0.3 is 0 Å². The van der Waals surface area contributed by atoms with E-state index >= 15 is 0 Å². The molecule has 17 heavy (non-hydrogen) atoms. The second-order valence-corrected chi connectivity index (χ2v) is 4.38. The Morgan fingerprint density at radius 3 is 2.82 bits per heavy atom. The molecule has 1 aliphatic rings. The van der Waals surface area contributed by atoms with Gasteiger partial charge in [-0.1, -0.05) is 18.2 Å². The van der Waals surface area contributed by atoms with Crippen LogP contribution in [0.25, 0.3) is 21.7 Å². The summed E-state index contributed by atoms with van der Waals surface area (Å²) in [4.78, 5) is 14.9. The Morgan fingerprint density at radius 2 is 1.88 bits per heavy atom. The molecule has 0 saturated heterocycles. The average Bonchev–Trinajstić information content (AvgIpc) is 2.37. The van der Waals surface area contributed by atoms with Crippen LogP contribution in [-0.4, -0.2) is 4.98 Å². The summed E-state index contributed by atoms with van der Waals surface area (Å²) in [5.41, 5.74) is 3.20. The number of aromatic nitrogens is 1. The summed E-state index contributed by atoms with van der Waals surface area (Å²) in [5.74, 6) is 0. The Morgan fingerprint density at radius 1 is 1.00 bits per heavy atom. The first kappa shape index (κ1) is 8.82. The van der Waals surface area contributed by atoms with E-state index in [0.29, 0.717) is 0 Å². The van der Waals surface area contributed by atoms with Gasteiger partial charge in [-0.05, 0) is 23.8 Å². The maximum atomic E-state index is 12.0. The van der Waals surface area contributed by atoms with E-state index in [1.807, 2.05) is 30.3 Å². The molecule has 1 aliphatic heterocycles. The van der Waals surface area contributed by atoms with Crippen LogP contribution in [0.15, 0.2) is 41.2 Å². The maximum absolute atomic E-state index is 12.0. The molecule has 2 N–H and O–H groups in total. The highest BCUT2D eigenvalue weighted by molar-refractivity contribution is 6.14. The van der Waals surface area contributed by atoms with Gasteiger partial charge in [-0.15, -0.1) is 0 Å². The molecule has 3 nitrogen and oxygen atoms in total. The lowest BCUT2D eigenvalue weighted by Gasteiger charge is -2.19. The topological polar surface area (TPSA) is 44.9 Å². The van der Waals surface area contributed by atoms with E-state index < -0.39 is 0 Å². The molecule has 4 rings (SSSR count). The number of rotatable bonds is 0. The zero-order valence-corrected chi connectivity index (χ0v) is 9.08. The van der Waals surface area contributed by atoms with Crippen molar-refractivity contribution in [3.8, 4) is 0 Å². The molecule has 3 heteroatoms. The van der Waals surface area contributed by atoms with E-state index in [1.165, 1.54) is 10.9 Å². The minimum atomic E-state index is -0.0183. The normalized spacial score (nSPS) is 13.2. The van der Waals surface area contributed by atoms with Crippen molar-refractivity contribution in [3.05, 3.63) is 52.3 Å². The monoisotopic (exact) mass is 222 g/mol. The smallest absolute Gasteiger partial charge is 0.256 e. The molecule has 0 aliphatic carbocycles. The Kier molecular flexibility index (Phi) is 1.50. The van der Waals surface area contributed by atoms with E-state index in [2.05, 4.69) is 16.4 Å². The van der Waals surface area contributed by atoms with E-state index in [0.717, 1.165) is 28.5 Å². The fourth-order valence-electron chi connectivity index (χ4n) is 2.69. The van der Waals surface area contributed by atoms with Crippen LogP contribution in [-0.2, 0) is 6.54 Å². The zero-order valence-electron chi connectivity index (χ0n) is 9.08. The summed E-state index contributed by atoms with van der Waals surface area (Å²) in [5, 5.41) is 6.35. The molecule has 0 atom stereocenters. The molecule has 0 amide bonds. The predicted molar refractivity (Wildman–Crippen MR) is 69.4 cm³/mol. The van der Waals surface area contributed by atoms with Crippen LogP contribution < -0.4 is 10.9 Å². The summed E-state index contributed by atoms with van der Waals surface area (Å²) in [6, 6.07) is 11.9. The highest BCUT2D eigenvalue weighted by Crippen LogP contribution is 2.34. The number of hydrogen-bond donors (Lipinski definition) is 2. The van der Waals surface area contributed by atoms with Gasteiger partial charge in [0.15, 0.2) is 0 Å². The fraction of sp³-hybridized carbons (Fsp3) is 0.0714. The molecule has 0 radical (unpaired) electrons. The molecule has 1 aromatic heterocycles. The number of benzene rings is 2. The van der Waals surface area contributed by atoms with Crippen LogP contribution in [0, 0.1) is 0 Å². The quantitative estimate of drug-likeness (QED) is 0.574. The number of nitrogens with one attached hydrogen (secondary N) is 2. The van der Waals surface area contributed by atoms with Crippen molar-refractivity contribution < 1.29 is 0 Å². The third-order valence-corrected chi connectivity index (χ3v) is 3.43. The summed E-state index contributed by atoms with van der Waals surface area (Å²) in [6.07, 6.45) is 0. The van der Waals surface area contributed by atoms with Crippen LogP contribution in [0.3, 0.4) is 0 Å². The highest BCUT2D eigenvalue weighted by atomic mass is 16.1. The van der Waals surface area contributed by atoms with Gasteiger partial charge < -0.3 is 10.3 Å². The fourth-order valence-corrected chi connectivity index (χ4v) is 2.69. The highest BCUT2D eigenvalue weighted by Gasteiger charge is 2.15. The largest absolute Gasteiger partial charge is 0.380 e. The van der Waals surface area contributed by atoms with Gasteiger partial charge in [0.1, 0.15) is 0 Å². The van der Waals surface area contributed by atoms with Gasteiger partial charge in [0.2, 0.25) is 0 Å². The van der Waals surface area contributed by atoms with Crippen molar-refractivity contribution in [2.45, 2.75) is 6.54 Å². The van der Waals surface area contributed by atoms with E-state index in [1.54, 1.807) is 0 Å². The lowest BCUT2D eigenvalue weighted by molar-refractivity contribution is 1.16. The molecule has 0 fully saturated rings.